The largest absolute Gasteiger partial charge is 0.301 e. The highest BCUT2D eigenvalue weighted by Gasteiger charge is 2.08. The second-order valence-electron chi connectivity index (χ2n) is 3.45. The molecule has 0 unspecified atom stereocenters. The summed E-state index contributed by atoms with van der Waals surface area (Å²) in [6, 6.07) is 3.72. The molecule has 0 bridgehead atoms. The minimum absolute atomic E-state index is 0.0232. The van der Waals surface area contributed by atoms with E-state index < -0.39 is 0 Å². The SMILES string of the molecule is CCCC(=O)Nc1nnc(-c2ccncc2)s1. The van der Waals surface area contributed by atoms with Crippen molar-refractivity contribution in [2.45, 2.75) is 19.8 Å². The summed E-state index contributed by atoms with van der Waals surface area (Å²) in [5.74, 6) is -0.0232. The van der Waals surface area contributed by atoms with Crippen molar-refractivity contribution < 1.29 is 4.79 Å². The third-order valence-electron chi connectivity index (χ3n) is 2.08. The van der Waals surface area contributed by atoms with Crippen molar-refractivity contribution in [1.82, 2.24) is 15.2 Å². The molecule has 0 radical (unpaired) electrons. The van der Waals surface area contributed by atoms with E-state index in [-0.39, 0.29) is 5.91 Å². The average Bonchev–Trinajstić information content (AvgIpc) is 2.79. The predicted octanol–water partition coefficient (Wildman–Crippen LogP) is 2.34. The van der Waals surface area contributed by atoms with Crippen LogP contribution in [0.3, 0.4) is 0 Å². The molecular weight excluding hydrogens is 236 g/mol. The molecule has 2 aromatic heterocycles. The summed E-state index contributed by atoms with van der Waals surface area (Å²) in [6.45, 7) is 1.96. The van der Waals surface area contributed by atoms with E-state index in [0.29, 0.717) is 11.6 Å². The van der Waals surface area contributed by atoms with Crippen molar-refractivity contribution >= 4 is 22.4 Å². The van der Waals surface area contributed by atoms with Gasteiger partial charge in [-0.25, -0.2) is 0 Å². The third kappa shape index (κ3) is 3.07. The number of nitrogens with zero attached hydrogens (tertiary/aromatic N) is 3. The highest BCUT2D eigenvalue weighted by atomic mass is 32.1. The molecule has 6 heteroatoms. The van der Waals surface area contributed by atoms with Crippen LogP contribution in [0.4, 0.5) is 5.13 Å². The molecule has 5 nitrogen and oxygen atoms in total. The molecule has 0 aliphatic rings. The molecule has 0 aliphatic heterocycles. The van der Waals surface area contributed by atoms with Gasteiger partial charge in [-0.1, -0.05) is 18.3 Å². The molecule has 0 saturated heterocycles. The second kappa shape index (κ2) is 5.49. The van der Waals surface area contributed by atoms with Gasteiger partial charge in [0, 0.05) is 24.4 Å². The second-order valence-corrected chi connectivity index (χ2v) is 4.42. The summed E-state index contributed by atoms with van der Waals surface area (Å²) in [5, 5.41) is 12.0. The summed E-state index contributed by atoms with van der Waals surface area (Å²) < 4.78 is 0. The van der Waals surface area contributed by atoms with Crippen LogP contribution in [-0.4, -0.2) is 21.1 Å². The molecule has 0 atom stereocenters. The number of hydrogen-bond donors (Lipinski definition) is 1. The molecule has 0 fully saturated rings. The highest BCUT2D eigenvalue weighted by Crippen LogP contribution is 2.25. The quantitative estimate of drug-likeness (QED) is 0.901. The molecule has 0 aliphatic carbocycles. The van der Waals surface area contributed by atoms with E-state index in [9.17, 15) is 4.79 Å². The van der Waals surface area contributed by atoms with E-state index in [1.807, 2.05) is 19.1 Å². The van der Waals surface area contributed by atoms with Crippen LogP contribution in [0.25, 0.3) is 10.6 Å². The third-order valence-corrected chi connectivity index (χ3v) is 2.96. The van der Waals surface area contributed by atoms with Crippen molar-refractivity contribution in [3.63, 3.8) is 0 Å². The standard InChI is InChI=1S/C11H12N4OS/c1-2-3-9(16)13-11-15-14-10(17-11)8-4-6-12-7-5-8/h4-7H,2-3H2,1H3,(H,13,15,16). The van der Waals surface area contributed by atoms with Crippen molar-refractivity contribution in [1.29, 1.82) is 0 Å². The summed E-state index contributed by atoms with van der Waals surface area (Å²) in [5.41, 5.74) is 0.952. The maximum atomic E-state index is 11.4. The Bertz CT molecular complexity index is 497. The number of pyridine rings is 1. The molecule has 1 N–H and O–H groups in total. The maximum absolute atomic E-state index is 11.4. The van der Waals surface area contributed by atoms with E-state index in [0.717, 1.165) is 17.0 Å². The lowest BCUT2D eigenvalue weighted by atomic mass is 10.3. The first kappa shape index (κ1) is 11.7. The van der Waals surface area contributed by atoms with Gasteiger partial charge < -0.3 is 5.32 Å². The van der Waals surface area contributed by atoms with Crippen molar-refractivity contribution in [3.8, 4) is 10.6 Å². The molecule has 2 heterocycles. The summed E-state index contributed by atoms with van der Waals surface area (Å²) >= 11 is 1.36. The van der Waals surface area contributed by atoms with Crippen LogP contribution < -0.4 is 5.32 Å². The fourth-order valence-electron chi connectivity index (χ4n) is 1.29. The Morgan fingerprint density at radius 3 is 2.82 bits per heavy atom. The number of aromatic nitrogens is 3. The normalized spacial score (nSPS) is 10.2. The number of rotatable bonds is 4. The van der Waals surface area contributed by atoms with E-state index in [1.165, 1.54) is 11.3 Å². The maximum Gasteiger partial charge on any atom is 0.226 e. The lowest BCUT2D eigenvalue weighted by molar-refractivity contribution is -0.116. The van der Waals surface area contributed by atoms with Crippen LogP contribution in [0.2, 0.25) is 0 Å². The van der Waals surface area contributed by atoms with Gasteiger partial charge >= 0.3 is 0 Å². The van der Waals surface area contributed by atoms with Gasteiger partial charge in [0.05, 0.1) is 0 Å². The first-order valence-electron chi connectivity index (χ1n) is 5.33. The van der Waals surface area contributed by atoms with E-state index in [1.54, 1.807) is 12.4 Å². The van der Waals surface area contributed by atoms with E-state index >= 15 is 0 Å². The summed E-state index contributed by atoms with van der Waals surface area (Å²) in [6.07, 6.45) is 4.73. The van der Waals surface area contributed by atoms with Gasteiger partial charge in [-0.05, 0) is 18.6 Å². The molecule has 2 rings (SSSR count). The molecule has 17 heavy (non-hydrogen) atoms. The summed E-state index contributed by atoms with van der Waals surface area (Å²) in [4.78, 5) is 15.3. The Morgan fingerprint density at radius 1 is 1.35 bits per heavy atom. The lowest BCUT2D eigenvalue weighted by Gasteiger charge is -1.96. The summed E-state index contributed by atoms with van der Waals surface area (Å²) in [7, 11) is 0. The topological polar surface area (TPSA) is 67.8 Å². The average molecular weight is 248 g/mol. The Hall–Kier alpha value is -1.82. The van der Waals surface area contributed by atoms with Gasteiger partial charge in [-0.2, -0.15) is 0 Å². The molecule has 0 saturated carbocycles. The van der Waals surface area contributed by atoms with Crippen LogP contribution in [0.5, 0.6) is 0 Å². The lowest BCUT2D eigenvalue weighted by Crippen LogP contribution is -2.10. The number of carbonyl (C=O) groups excluding carboxylic acids is 1. The zero-order valence-electron chi connectivity index (χ0n) is 9.38. The fourth-order valence-corrected chi connectivity index (χ4v) is 2.06. The minimum Gasteiger partial charge on any atom is -0.301 e. The number of nitrogens with one attached hydrogen (secondary N) is 1. The fraction of sp³-hybridized carbons (Fsp3) is 0.273. The molecule has 2 aromatic rings. The van der Waals surface area contributed by atoms with Crippen LogP contribution in [0.1, 0.15) is 19.8 Å². The molecule has 88 valence electrons. The van der Waals surface area contributed by atoms with Gasteiger partial charge in [0.15, 0.2) is 0 Å². The number of hydrogen-bond acceptors (Lipinski definition) is 5. The van der Waals surface area contributed by atoms with Crippen molar-refractivity contribution in [2.75, 3.05) is 5.32 Å². The Balaban J connectivity index is 2.09. The van der Waals surface area contributed by atoms with Crippen LogP contribution >= 0.6 is 11.3 Å². The van der Waals surface area contributed by atoms with Gasteiger partial charge in [0.25, 0.3) is 0 Å². The number of carbonyl (C=O) groups is 1. The zero-order valence-corrected chi connectivity index (χ0v) is 10.2. The van der Waals surface area contributed by atoms with Gasteiger partial charge in [-0.3, -0.25) is 9.78 Å². The first-order valence-corrected chi connectivity index (χ1v) is 6.15. The number of anilines is 1. The Kier molecular flexibility index (Phi) is 3.77. The predicted molar refractivity (Wildman–Crippen MR) is 66.7 cm³/mol. The molecular formula is C11H12N4OS. The minimum atomic E-state index is -0.0232. The van der Waals surface area contributed by atoms with Crippen molar-refractivity contribution in [2.24, 2.45) is 0 Å². The van der Waals surface area contributed by atoms with Gasteiger partial charge in [-0.15, -0.1) is 10.2 Å². The highest BCUT2D eigenvalue weighted by molar-refractivity contribution is 7.18. The van der Waals surface area contributed by atoms with Crippen molar-refractivity contribution in [3.05, 3.63) is 24.5 Å². The molecule has 0 spiro atoms. The van der Waals surface area contributed by atoms with Crippen LogP contribution in [-0.2, 0) is 4.79 Å². The zero-order chi connectivity index (χ0) is 12.1. The molecule has 1 amide bonds. The molecule has 0 aromatic carbocycles. The first-order chi connectivity index (χ1) is 8.29. The van der Waals surface area contributed by atoms with E-state index in [2.05, 4.69) is 20.5 Å². The number of amides is 1. The monoisotopic (exact) mass is 248 g/mol. The van der Waals surface area contributed by atoms with E-state index in [4.69, 9.17) is 0 Å². The van der Waals surface area contributed by atoms with Crippen LogP contribution in [0.15, 0.2) is 24.5 Å². The van der Waals surface area contributed by atoms with Crippen LogP contribution in [0, 0.1) is 0 Å². The Labute approximate surface area is 103 Å². The van der Waals surface area contributed by atoms with Gasteiger partial charge in [0.2, 0.25) is 11.0 Å². The van der Waals surface area contributed by atoms with Gasteiger partial charge in [0.1, 0.15) is 5.01 Å². The smallest absolute Gasteiger partial charge is 0.226 e. The Morgan fingerprint density at radius 2 is 2.12 bits per heavy atom.